The average Bonchev–Trinajstić information content (AvgIpc) is 2.59. The molecule has 1 aromatic carbocycles. The van der Waals surface area contributed by atoms with Crippen LogP contribution in [0, 0.1) is 26.6 Å². The maximum atomic E-state index is 13.9. The van der Waals surface area contributed by atoms with Gasteiger partial charge in [-0.3, -0.25) is 0 Å². The Morgan fingerprint density at radius 2 is 1.95 bits per heavy atom. The Morgan fingerprint density at radius 3 is 2.53 bits per heavy atom. The van der Waals surface area contributed by atoms with Crippen LogP contribution in [-0.2, 0) is 6.42 Å². The molecule has 102 valence electrons. The summed E-state index contributed by atoms with van der Waals surface area (Å²) in [6.45, 7) is 5.75. The van der Waals surface area contributed by atoms with Crippen molar-refractivity contribution < 1.29 is 8.81 Å². The largest absolute Gasteiger partial charge is 0.466 e. The summed E-state index contributed by atoms with van der Waals surface area (Å²) in [5.74, 6) is 1.26. The lowest BCUT2D eigenvalue weighted by Crippen LogP contribution is -2.15. The molecule has 1 heterocycles. The second-order valence-corrected chi connectivity index (χ2v) is 5.18. The third-order valence-corrected chi connectivity index (χ3v) is 3.75. The molecule has 0 aliphatic carbocycles. The minimum Gasteiger partial charge on any atom is -0.466 e. The minimum atomic E-state index is -0.393. The summed E-state index contributed by atoms with van der Waals surface area (Å²) in [4.78, 5) is 0. The lowest BCUT2D eigenvalue weighted by molar-refractivity contribution is 0.495. The fraction of sp³-hybridized carbons (Fsp3) is 0.333. The second-order valence-electron chi connectivity index (χ2n) is 4.78. The van der Waals surface area contributed by atoms with Gasteiger partial charge in [0, 0.05) is 11.6 Å². The molecule has 19 heavy (non-hydrogen) atoms. The Hall–Kier alpha value is -1.32. The maximum Gasteiger partial charge on any atom is 0.145 e. The molecule has 0 radical (unpaired) electrons. The molecule has 0 saturated heterocycles. The Morgan fingerprint density at radius 1 is 1.26 bits per heavy atom. The zero-order chi connectivity index (χ0) is 14.2. The first-order chi connectivity index (χ1) is 8.91. The minimum absolute atomic E-state index is 0.126. The Bertz CT molecular complexity index is 606. The highest BCUT2D eigenvalue weighted by molar-refractivity contribution is 6.30. The zero-order valence-corrected chi connectivity index (χ0v) is 12.0. The van der Waals surface area contributed by atoms with E-state index in [9.17, 15) is 4.39 Å². The van der Waals surface area contributed by atoms with E-state index in [-0.39, 0.29) is 11.1 Å². The van der Waals surface area contributed by atoms with Crippen molar-refractivity contribution in [2.75, 3.05) is 0 Å². The van der Waals surface area contributed by atoms with E-state index in [0.717, 1.165) is 22.6 Å². The van der Waals surface area contributed by atoms with Gasteiger partial charge in [-0.2, -0.15) is 0 Å². The molecule has 0 aliphatic heterocycles. The third kappa shape index (κ3) is 2.67. The summed E-state index contributed by atoms with van der Waals surface area (Å²) in [5, 5.41) is 0.126. The molecule has 0 amide bonds. The summed E-state index contributed by atoms with van der Waals surface area (Å²) in [6.07, 6.45) is 0.396. The molecule has 0 spiro atoms. The first kappa shape index (κ1) is 14.1. The van der Waals surface area contributed by atoms with Crippen LogP contribution < -0.4 is 5.73 Å². The van der Waals surface area contributed by atoms with E-state index < -0.39 is 5.82 Å². The van der Waals surface area contributed by atoms with E-state index in [1.54, 1.807) is 12.1 Å². The van der Waals surface area contributed by atoms with Gasteiger partial charge in [-0.1, -0.05) is 23.7 Å². The van der Waals surface area contributed by atoms with Gasteiger partial charge < -0.3 is 10.2 Å². The molecule has 1 atom stereocenters. The van der Waals surface area contributed by atoms with Crippen LogP contribution in [0.1, 0.15) is 34.3 Å². The number of benzene rings is 1. The Kier molecular flexibility index (Phi) is 3.97. The highest BCUT2D eigenvalue weighted by Crippen LogP contribution is 2.29. The number of aryl methyl sites for hydroxylation is 2. The molecule has 2 rings (SSSR count). The van der Waals surface area contributed by atoms with E-state index >= 15 is 0 Å². The molecule has 0 fully saturated rings. The summed E-state index contributed by atoms with van der Waals surface area (Å²) in [5.41, 5.74) is 8.71. The first-order valence-corrected chi connectivity index (χ1v) is 6.54. The molecule has 1 aromatic heterocycles. The van der Waals surface area contributed by atoms with Crippen LogP contribution in [0.15, 0.2) is 22.6 Å². The number of rotatable bonds is 3. The monoisotopic (exact) mass is 281 g/mol. The SMILES string of the molecule is Cc1oc(C)c(C(N)Cc2cccc(Cl)c2F)c1C. The molecule has 2 aromatic rings. The summed E-state index contributed by atoms with van der Waals surface area (Å²) in [6, 6.07) is 4.67. The van der Waals surface area contributed by atoms with Crippen molar-refractivity contribution in [1.82, 2.24) is 0 Å². The van der Waals surface area contributed by atoms with Gasteiger partial charge in [-0.25, -0.2) is 4.39 Å². The van der Waals surface area contributed by atoms with E-state index in [1.807, 2.05) is 20.8 Å². The lowest BCUT2D eigenvalue weighted by atomic mass is 9.96. The lowest BCUT2D eigenvalue weighted by Gasteiger charge is -2.13. The fourth-order valence-corrected chi connectivity index (χ4v) is 2.59. The van der Waals surface area contributed by atoms with Crippen LogP contribution in [-0.4, -0.2) is 0 Å². The van der Waals surface area contributed by atoms with Gasteiger partial charge in [-0.05, 0) is 44.4 Å². The molecular weight excluding hydrogens is 265 g/mol. The molecule has 0 bridgehead atoms. The predicted molar refractivity (Wildman–Crippen MR) is 75.0 cm³/mol. The fourth-order valence-electron chi connectivity index (χ4n) is 2.40. The molecule has 0 aliphatic rings. The molecule has 2 N–H and O–H groups in total. The van der Waals surface area contributed by atoms with E-state index in [0.29, 0.717) is 12.0 Å². The Labute approximate surface area is 117 Å². The number of hydrogen-bond acceptors (Lipinski definition) is 2. The predicted octanol–water partition coefficient (Wildman–Crippen LogP) is 4.24. The summed E-state index contributed by atoms with van der Waals surface area (Å²) in [7, 11) is 0. The number of nitrogens with two attached hydrogens (primary N) is 1. The van der Waals surface area contributed by atoms with Crippen molar-refractivity contribution in [3.05, 3.63) is 57.2 Å². The van der Waals surface area contributed by atoms with Crippen molar-refractivity contribution in [1.29, 1.82) is 0 Å². The smallest absolute Gasteiger partial charge is 0.145 e. The van der Waals surface area contributed by atoms with E-state index in [1.165, 1.54) is 6.07 Å². The molecule has 4 heteroatoms. The van der Waals surface area contributed by atoms with Gasteiger partial charge in [-0.15, -0.1) is 0 Å². The third-order valence-electron chi connectivity index (χ3n) is 3.46. The van der Waals surface area contributed by atoms with Crippen molar-refractivity contribution in [2.45, 2.75) is 33.2 Å². The van der Waals surface area contributed by atoms with Crippen LogP contribution in [0.5, 0.6) is 0 Å². The van der Waals surface area contributed by atoms with Gasteiger partial charge in [0.1, 0.15) is 17.3 Å². The normalized spacial score (nSPS) is 12.7. The molecule has 1 unspecified atom stereocenters. The van der Waals surface area contributed by atoms with Gasteiger partial charge >= 0.3 is 0 Å². The second kappa shape index (κ2) is 5.35. The number of furan rings is 1. The van der Waals surface area contributed by atoms with E-state index in [2.05, 4.69) is 0 Å². The van der Waals surface area contributed by atoms with Gasteiger partial charge in [0.25, 0.3) is 0 Å². The van der Waals surface area contributed by atoms with Crippen LogP contribution in [0.4, 0.5) is 4.39 Å². The van der Waals surface area contributed by atoms with E-state index in [4.69, 9.17) is 21.8 Å². The van der Waals surface area contributed by atoms with Crippen LogP contribution in [0.25, 0.3) is 0 Å². The molecule has 0 saturated carbocycles. The van der Waals surface area contributed by atoms with Crippen molar-refractivity contribution in [2.24, 2.45) is 5.73 Å². The average molecular weight is 282 g/mol. The van der Waals surface area contributed by atoms with Gasteiger partial charge in [0.05, 0.1) is 5.02 Å². The molecule has 2 nitrogen and oxygen atoms in total. The van der Waals surface area contributed by atoms with Gasteiger partial charge in [0.15, 0.2) is 0 Å². The van der Waals surface area contributed by atoms with Crippen molar-refractivity contribution in [3.63, 3.8) is 0 Å². The summed E-state index contributed by atoms with van der Waals surface area (Å²) < 4.78 is 19.4. The van der Waals surface area contributed by atoms with Crippen molar-refractivity contribution >= 4 is 11.6 Å². The maximum absolute atomic E-state index is 13.9. The van der Waals surface area contributed by atoms with Crippen LogP contribution in [0.2, 0.25) is 5.02 Å². The Balaban J connectivity index is 2.31. The topological polar surface area (TPSA) is 39.2 Å². The highest BCUT2D eigenvalue weighted by atomic mass is 35.5. The van der Waals surface area contributed by atoms with Gasteiger partial charge in [0.2, 0.25) is 0 Å². The van der Waals surface area contributed by atoms with Crippen LogP contribution in [0.3, 0.4) is 0 Å². The zero-order valence-electron chi connectivity index (χ0n) is 11.3. The number of hydrogen-bond donors (Lipinski definition) is 1. The van der Waals surface area contributed by atoms with Crippen molar-refractivity contribution in [3.8, 4) is 0 Å². The molecular formula is C15H17ClFNO. The highest BCUT2D eigenvalue weighted by Gasteiger charge is 2.19. The quantitative estimate of drug-likeness (QED) is 0.914. The first-order valence-electron chi connectivity index (χ1n) is 6.16. The van der Waals surface area contributed by atoms with Crippen LogP contribution >= 0.6 is 11.6 Å². The summed E-state index contributed by atoms with van der Waals surface area (Å²) >= 11 is 5.78. The number of halogens is 2. The standard InChI is InChI=1S/C15H17ClFNO/c1-8-9(2)19-10(3)14(8)13(18)7-11-5-4-6-12(16)15(11)17/h4-6,13H,7,18H2,1-3H3.